The van der Waals surface area contributed by atoms with E-state index in [9.17, 15) is 4.79 Å². The Hall–Kier alpha value is -1.15. The van der Waals surface area contributed by atoms with Crippen LogP contribution in [0.25, 0.3) is 5.57 Å². The fourth-order valence-corrected chi connectivity index (χ4v) is 1.82. The van der Waals surface area contributed by atoms with Gasteiger partial charge in [0.05, 0.1) is 0 Å². The van der Waals surface area contributed by atoms with Crippen LogP contribution in [-0.4, -0.2) is 5.78 Å². The van der Waals surface area contributed by atoms with Crippen LogP contribution in [0.1, 0.15) is 25.6 Å². The summed E-state index contributed by atoms with van der Waals surface area (Å²) in [5, 5.41) is 2.01. The first kappa shape index (κ1) is 10.9. The summed E-state index contributed by atoms with van der Waals surface area (Å²) in [5.74, 6) is 0.0656. The number of thiophene rings is 1. The van der Waals surface area contributed by atoms with E-state index in [1.54, 1.807) is 23.5 Å². The third-order valence-electron chi connectivity index (χ3n) is 1.70. The van der Waals surface area contributed by atoms with Crippen LogP contribution in [0.3, 0.4) is 0 Å². The van der Waals surface area contributed by atoms with E-state index in [0.29, 0.717) is 0 Å². The van der Waals surface area contributed by atoms with Crippen LogP contribution in [0.4, 0.5) is 0 Å². The summed E-state index contributed by atoms with van der Waals surface area (Å²) in [6, 6.07) is 4.01. The number of carbonyl (C=O) groups is 1. The molecule has 74 valence electrons. The van der Waals surface area contributed by atoms with E-state index < -0.39 is 0 Å². The van der Waals surface area contributed by atoms with Gasteiger partial charge in [0.1, 0.15) is 0 Å². The Kier molecular flexibility index (Phi) is 3.84. The molecule has 1 nitrogen and oxygen atoms in total. The monoisotopic (exact) mass is 206 g/mol. The molecule has 0 bridgehead atoms. The lowest BCUT2D eigenvalue weighted by molar-refractivity contribution is -0.110. The lowest BCUT2D eigenvalue weighted by Crippen LogP contribution is -1.88. The van der Waals surface area contributed by atoms with E-state index in [0.717, 1.165) is 16.0 Å². The number of hydrogen-bond donors (Lipinski definition) is 0. The molecule has 0 amide bonds. The number of rotatable bonds is 3. The summed E-state index contributed by atoms with van der Waals surface area (Å²) < 4.78 is 0. The molecular weight excluding hydrogens is 192 g/mol. The minimum Gasteiger partial charge on any atom is -0.290 e. The standard InChI is InChI=1S/C12H14OS/c1-9(2)7-11(13)8-10(3)12-5-4-6-14-12/h4-8H,1-3H3. The molecule has 14 heavy (non-hydrogen) atoms. The van der Waals surface area contributed by atoms with Crippen molar-refractivity contribution in [2.45, 2.75) is 20.8 Å². The minimum absolute atomic E-state index is 0.0656. The van der Waals surface area contributed by atoms with Crippen LogP contribution < -0.4 is 0 Å². The van der Waals surface area contributed by atoms with Crippen molar-refractivity contribution in [3.05, 3.63) is 40.1 Å². The maximum absolute atomic E-state index is 11.4. The smallest absolute Gasteiger partial charge is 0.178 e. The van der Waals surface area contributed by atoms with Crippen LogP contribution in [0.5, 0.6) is 0 Å². The molecule has 0 fully saturated rings. The first-order chi connectivity index (χ1) is 6.59. The minimum atomic E-state index is 0.0656. The highest BCUT2D eigenvalue weighted by atomic mass is 32.1. The Labute approximate surface area is 88.8 Å². The quantitative estimate of drug-likeness (QED) is 0.689. The van der Waals surface area contributed by atoms with Crippen molar-refractivity contribution in [2.24, 2.45) is 0 Å². The molecule has 1 aromatic rings. The van der Waals surface area contributed by atoms with Gasteiger partial charge in [-0.25, -0.2) is 0 Å². The van der Waals surface area contributed by atoms with Gasteiger partial charge >= 0.3 is 0 Å². The summed E-state index contributed by atoms with van der Waals surface area (Å²) in [4.78, 5) is 12.6. The van der Waals surface area contributed by atoms with Gasteiger partial charge in [-0.1, -0.05) is 11.6 Å². The van der Waals surface area contributed by atoms with Crippen LogP contribution in [0.2, 0.25) is 0 Å². The van der Waals surface area contributed by atoms with E-state index in [2.05, 4.69) is 0 Å². The summed E-state index contributed by atoms with van der Waals surface area (Å²) in [6.07, 6.45) is 3.33. The highest BCUT2D eigenvalue weighted by Gasteiger charge is 1.98. The molecule has 0 saturated heterocycles. The van der Waals surface area contributed by atoms with E-state index in [1.165, 1.54) is 0 Å². The molecule has 0 radical (unpaired) electrons. The van der Waals surface area contributed by atoms with Gasteiger partial charge in [-0.2, -0.15) is 0 Å². The lowest BCUT2D eigenvalue weighted by atomic mass is 10.1. The second-order valence-corrected chi connectivity index (χ2v) is 4.38. The zero-order chi connectivity index (χ0) is 10.6. The van der Waals surface area contributed by atoms with Gasteiger partial charge in [0.15, 0.2) is 5.78 Å². The highest BCUT2D eigenvalue weighted by molar-refractivity contribution is 7.11. The van der Waals surface area contributed by atoms with Crippen LogP contribution in [0, 0.1) is 0 Å². The molecule has 0 aliphatic carbocycles. The molecule has 2 heteroatoms. The third kappa shape index (κ3) is 3.30. The molecule has 0 saturated carbocycles. The molecule has 0 N–H and O–H groups in total. The first-order valence-electron chi connectivity index (χ1n) is 4.50. The molecular formula is C12H14OS. The lowest BCUT2D eigenvalue weighted by Gasteiger charge is -1.94. The van der Waals surface area contributed by atoms with E-state index >= 15 is 0 Å². The van der Waals surface area contributed by atoms with Gasteiger partial charge in [-0.3, -0.25) is 4.79 Å². The summed E-state index contributed by atoms with van der Waals surface area (Å²) in [5.41, 5.74) is 2.06. The van der Waals surface area contributed by atoms with Crippen molar-refractivity contribution >= 4 is 22.7 Å². The molecule has 0 aromatic carbocycles. The molecule has 0 atom stereocenters. The predicted octanol–water partition coefficient (Wildman–Crippen LogP) is 3.69. The number of carbonyl (C=O) groups excluding carboxylic acids is 1. The Bertz CT molecular complexity index is 365. The SMILES string of the molecule is CC(C)=CC(=O)C=C(C)c1cccs1. The number of ketones is 1. The predicted molar refractivity (Wildman–Crippen MR) is 62.4 cm³/mol. The normalized spacial score (nSPS) is 11.2. The van der Waals surface area contributed by atoms with Crippen LogP contribution >= 0.6 is 11.3 Å². The molecule has 0 aliphatic heterocycles. The molecule has 1 rings (SSSR count). The van der Waals surface area contributed by atoms with Crippen molar-refractivity contribution in [1.82, 2.24) is 0 Å². The Morgan fingerprint density at radius 3 is 2.50 bits per heavy atom. The second kappa shape index (κ2) is 4.91. The topological polar surface area (TPSA) is 17.1 Å². The van der Waals surface area contributed by atoms with E-state index in [-0.39, 0.29) is 5.78 Å². The van der Waals surface area contributed by atoms with Gasteiger partial charge in [0.25, 0.3) is 0 Å². The van der Waals surface area contributed by atoms with E-state index in [1.807, 2.05) is 38.3 Å². The van der Waals surface area contributed by atoms with Gasteiger partial charge in [-0.05, 0) is 49.9 Å². The molecule has 0 spiro atoms. The highest BCUT2D eigenvalue weighted by Crippen LogP contribution is 2.19. The van der Waals surface area contributed by atoms with Gasteiger partial charge in [0, 0.05) is 4.88 Å². The first-order valence-corrected chi connectivity index (χ1v) is 5.38. The molecule has 0 aliphatic rings. The van der Waals surface area contributed by atoms with E-state index in [4.69, 9.17) is 0 Å². The summed E-state index contributed by atoms with van der Waals surface area (Å²) in [6.45, 7) is 5.81. The Morgan fingerprint density at radius 1 is 1.29 bits per heavy atom. The average Bonchev–Trinajstić information content (AvgIpc) is 2.53. The van der Waals surface area contributed by atoms with Gasteiger partial charge in [-0.15, -0.1) is 11.3 Å². The maximum atomic E-state index is 11.4. The largest absolute Gasteiger partial charge is 0.290 e. The van der Waals surface area contributed by atoms with Crippen molar-refractivity contribution in [1.29, 1.82) is 0 Å². The Morgan fingerprint density at radius 2 is 2.00 bits per heavy atom. The van der Waals surface area contributed by atoms with Gasteiger partial charge < -0.3 is 0 Å². The molecule has 1 heterocycles. The van der Waals surface area contributed by atoms with Crippen molar-refractivity contribution in [3.8, 4) is 0 Å². The van der Waals surface area contributed by atoms with Crippen molar-refractivity contribution in [3.63, 3.8) is 0 Å². The average molecular weight is 206 g/mol. The van der Waals surface area contributed by atoms with Crippen LogP contribution in [0.15, 0.2) is 35.2 Å². The molecule has 1 aromatic heterocycles. The van der Waals surface area contributed by atoms with Crippen LogP contribution in [-0.2, 0) is 4.79 Å². The summed E-state index contributed by atoms with van der Waals surface area (Å²) in [7, 11) is 0. The number of hydrogen-bond acceptors (Lipinski definition) is 2. The zero-order valence-electron chi connectivity index (χ0n) is 8.70. The Balaban J connectivity index is 2.80. The fourth-order valence-electron chi connectivity index (χ4n) is 1.11. The third-order valence-corrected chi connectivity index (χ3v) is 2.70. The van der Waals surface area contributed by atoms with Crippen molar-refractivity contribution in [2.75, 3.05) is 0 Å². The zero-order valence-corrected chi connectivity index (χ0v) is 9.52. The molecule has 0 unspecified atom stereocenters. The summed E-state index contributed by atoms with van der Waals surface area (Å²) >= 11 is 1.65. The number of allylic oxidation sites excluding steroid dienone is 4. The maximum Gasteiger partial charge on any atom is 0.178 e. The van der Waals surface area contributed by atoms with Crippen molar-refractivity contribution < 1.29 is 4.79 Å². The van der Waals surface area contributed by atoms with Gasteiger partial charge in [0.2, 0.25) is 0 Å². The fraction of sp³-hybridized carbons (Fsp3) is 0.250. The second-order valence-electron chi connectivity index (χ2n) is 3.43.